The summed E-state index contributed by atoms with van der Waals surface area (Å²) in [6.45, 7) is 0. The molecular formula is ErGaOYb+7. The van der Waals surface area contributed by atoms with Crippen LogP contribution >= 0.6 is 0 Å². The molecule has 0 bridgehead atoms. The van der Waals surface area contributed by atoms with Crippen LogP contribution in [0.4, 0.5) is 0 Å². The van der Waals surface area contributed by atoms with Crippen LogP contribution in [-0.2, 0) is 5.48 Å². The normalized spacial score (nSPS) is 0. The van der Waals surface area contributed by atoms with Gasteiger partial charge in [-0.2, -0.15) is 0 Å². The van der Waals surface area contributed by atoms with E-state index >= 15 is 0 Å². The molecule has 0 atom stereocenters. The minimum absolute atomic E-state index is 0. The van der Waals surface area contributed by atoms with E-state index in [9.17, 15) is 0 Å². The van der Waals surface area contributed by atoms with Crippen LogP contribution in [0.3, 0.4) is 0 Å². The minimum Gasteiger partial charge on any atom is -2.00 e. The predicted octanol–water partition coefficient (Wildman–Crippen LogP) is -0.500. The number of hydrogen-bond acceptors (Lipinski definition) is 0. The van der Waals surface area contributed by atoms with Crippen molar-refractivity contribution in [3.63, 3.8) is 0 Å². The average molecular weight is 426 g/mol. The molecule has 0 aromatic carbocycles. The van der Waals surface area contributed by atoms with Crippen LogP contribution < -0.4 is 0 Å². The Morgan fingerprint density at radius 2 is 1.00 bits per heavy atom. The van der Waals surface area contributed by atoms with Crippen molar-refractivity contribution in [3.8, 4) is 0 Å². The molecule has 1 nitrogen and oxygen atoms in total. The molecule has 4 heavy (non-hydrogen) atoms. The van der Waals surface area contributed by atoms with Crippen molar-refractivity contribution >= 4 is 19.8 Å². The van der Waals surface area contributed by atoms with Gasteiger partial charge in [0.25, 0.3) is 0 Å². The van der Waals surface area contributed by atoms with Crippen molar-refractivity contribution in [2.45, 2.75) is 0 Å². The van der Waals surface area contributed by atoms with Gasteiger partial charge in [0.05, 0.1) is 0 Å². The molecular weight excluding hydrogens is 426 g/mol. The van der Waals surface area contributed by atoms with Gasteiger partial charge < -0.3 is 5.48 Å². The standard InChI is InChI=1S/Er.Ga.O.Yb/q2*+3;-2;+3. The smallest absolute Gasteiger partial charge is 2.00 e. The van der Waals surface area contributed by atoms with Gasteiger partial charge in [-0.25, -0.2) is 0 Å². The van der Waals surface area contributed by atoms with E-state index in [2.05, 4.69) is 0 Å². The topological polar surface area (TPSA) is 28.5 Å². The quantitative estimate of drug-likeness (QED) is 0.468. The second-order valence-corrected chi connectivity index (χ2v) is 0. The van der Waals surface area contributed by atoms with Crippen LogP contribution in [0, 0.1) is 84.2 Å². The summed E-state index contributed by atoms with van der Waals surface area (Å²) in [4.78, 5) is 0. The molecule has 0 aliphatic rings. The molecule has 0 saturated heterocycles. The molecule has 0 fully saturated rings. The second-order valence-electron chi connectivity index (χ2n) is 0. The third-order valence-corrected chi connectivity index (χ3v) is 0. The summed E-state index contributed by atoms with van der Waals surface area (Å²) in [6.07, 6.45) is 0. The Balaban J connectivity index is 0. The van der Waals surface area contributed by atoms with Crippen LogP contribution in [0.25, 0.3) is 0 Å². The third-order valence-electron chi connectivity index (χ3n) is 0. The summed E-state index contributed by atoms with van der Waals surface area (Å²) in [5.41, 5.74) is 0. The number of hydrogen-bond donors (Lipinski definition) is 0. The Hall–Kier alpha value is 3.36. The average Bonchev–Trinajstić information content (AvgIpc) is 0. The van der Waals surface area contributed by atoms with Crippen molar-refractivity contribution in [1.29, 1.82) is 0 Å². The molecule has 0 aliphatic carbocycles. The molecule has 0 aromatic rings. The first-order valence-electron chi connectivity index (χ1n) is 0. The molecule has 0 spiro atoms. The molecule has 4 heteroatoms. The van der Waals surface area contributed by atoms with E-state index in [1.165, 1.54) is 0 Å². The largest absolute Gasteiger partial charge is 3.00 e. The molecule has 0 rings (SSSR count). The molecule has 0 aromatic heterocycles. The van der Waals surface area contributed by atoms with Gasteiger partial charge in [-0.1, -0.05) is 0 Å². The fraction of sp³-hybridized carbons (Fsp3) is 0. The predicted molar refractivity (Wildman–Crippen MR) is 6.44 cm³/mol. The monoisotopic (exact) mass is 425 g/mol. The fourth-order valence-corrected chi connectivity index (χ4v) is 0. The van der Waals surface area contributed by atoms with E-state index in [1.54, 1.807) is 0 Å². The van der Waals surface area contributed by atoms with Gasteiger partial charge in [0.1, 0.15) is 0 Å². The van der Waals surface area contributed by atoms with E-state index in [-0.39, 0.29) is 109 Å². The van der Waals surface area contributed by atoms with Crippen molar-refractivity contribution < 1.29 is 89.7 Å². The summed E-state index contributed by atoms with van der Waals surface area (Å²) in [5, 5.41) is 0. The van der Waals surface area contributed by atoms with Gasteiger partial charge in [-0.15, -0.1) is 0 Å². The van der Waals surface area contributed by atoms with Crippen LogP contribution in [0.5, 0.6) is 0 Å². The van der Waals surface area contributed by atoms with Gasteiger partial charge in [-0.05, 0) is 0 Å². The zero-order valence-corrected chi connectivity index (χ0v) is 7.53. The summed E-state index contributed by atoms with van der Waals surface area (Å²) in [5.74, 6) is 0. The Bertz CT molecular complexity index is 8.00. The summed E-state index contributed by atoms with van der Waals surface area (Å²) >= 11 is 0. The van der Waals surface area contributed by atoms with Gasteiger partial charge in [0.15, 0.2) is 0 Å². The SMILES string of the molecule is [Er+3].[Ga+3].[O-2].[Yb+3]. The van der Waals surface area contributed by atoms with Crippen molar-refractivity contribution in [1.82, 2.24) is 0 Å². The Morgan fingerprint density at radius 1 is 1.00 bits per heavy atom. The molecule has 0 heterocycles. The first-order chi connectivity index (χ1) is 0. The fourth-order valence-electron chi connectivity index (χ4n) is 0. The van der Waals surface area contributed by atoms with Gasteiger partial charge in [0.2, 0.25) is 0 Å². The molecule has 0 amide bonds. The van der Waals surface area contributed by atoms with Gasteiger partial charge in [0, 0.05) is 0 Å². The first-order valence-corrected chi connectivity index (χ1v) is 0. The maximum atomic E-state index is 0. The van der Waals surface area contributed by atoms with Crippen LogP contribution in [0.2, 0.25) is 0 Å². The van der Waals surface area contributed by atoms with Gasteiger partial charge in [-0.3, -0.25) is 0 Å². The van der Waals surface area contributed by atoms with Crippen molar-refractivity contribution in [2.75, 3.05) is 0 Å². The van der Waals surface area contributed by atoms with E-state index in [0.717, 1.165) is 0 Å². The first kappa shape index (κ1) is 26.4. The number of rotatable bonds is 0. The molecule has 2 radical (unpaired) electrons. The maximum Gasteiger partial charge on any atom is 3.00 e. The molecule has 0 unspecified atom stereocenters. The third kappa shape index (κ3) is 9.03. The summed E-state index contributed by atoms with van der Waals surface area (Å²) < 4.78 is 0. The Morgan fingerprint density at radius 3 is 1.00 bits per heavy atom. The van der Waals surface area contributed by atoms with E-state index < -0.39 is 0 Å². The van der Waals surface area contributed by atoms with E-state index in [4.69, 9.17) is 0 Å². The molecule has 0 aliphatic heterocycles. The molecule has 0 N–H and O–H groups in total. The minimum atomic E-state index is 0. The van der Waals surface area contributed by atoms with E-state index in [1.807, 2.05) is 0 Å². The van der Waals surface area contributed by atoms with Crippen LogP contribution in [0.1, 0.15) is 0 Å². The van der Waals surface area contributed by atoms with Gasteiger partial charge >= 0.3 is 104 Å². The van der Waals surface area contributed by atoms with Crippen LogP contribution in [-0.4, -0.2) is 19.8 Å². The Labute approximate surface area is 106 Å². The van der Waals surface area contributed by atoms with Crippen LogP contribution in [0.15, 0.2) is 0 Å². The molecule has 0 saturated carbocycles. The second kappa shape index (κ2) is 16.2. The Kier molecular flexibility index (Phi) is 107. The van der Waals surface area contributed by atoms with Crippen molar-refractivity contribution in [2.24, 2.45) is 0 Å². The van der Waals surface area contributed by atoms with Crippen molar-refractivity contribution in [3.05, 3.63) is 0 Å². The summed E-state index contributed by atoms with van der Waals surface area (Å²) in [6, 6.07) is 0. The zero-order chi connectivity index (χ0) is 0. The summed E-state index contributed by atoms with van der Waals surface area (Å²) in [7, 11) is 0. The van der Waals surface area contributed by atoms with E-state index in [0.29, 0.717) is 0 Å². The molecule has 28 valence electrons. The zero-order valence-electron chi connectivity index (χ0n) is 1.54. The maximum absolute atomic E-state index is 0.